The Hall–Kier alpha value is -11.4. The average molecular weight is 1320 g/mol. The summed E-state index contributed by atoms with van der Waals surface area (Å²) in [6.45, 7) is 9.37. The van der Waals surface area contributed by atoms with Gasteiger partial charge in [0.1, 0.15) is 0 Å². The quantitative estimate of drug-likeness (QED) is 0.156. The summed E-state index contributed by atoms with van der Waals surface area (Å²) in [6, 6.07) is 117. The molecule has 4 aliphatic rings. The van der Waals surface area contributed by atoms with E-state index in [2.05, 4.69) is 292 Å². The van der Waals surface area contributed by atoms with Gasteiger partial charge in [0.15, 0.2) is 14.3 Å². The van der Waals surface area contributed by atoms with Crippen molar-refractivity contribution in [2.24, 2.45) is 0 Å². The van der Waals surface area contributed by atoms with Crippen LogP contribution in [0.1, 0.15) is 49.9 Å². The van der Waals surface area contributed by atoms with Crippen molar-refractivity contribution in [2.45, 2.75) is 38.5 Å². The van der Waals surface area contributed by atoms with Crippen molar-refractivity contribution in [2.75, 3.05) is 0 Å². The number of benzene rings is 15. The Morgan fingerprint density at radius 2 is 0.620 bits per heavy atom. The van der Waals surface area contributed by atoms with E-state index in [4.69, 9.17) is 0 Å². The molecule has 15 aromatic carbocycles. The zero-order valence-corrected chi connectivity index (χ0v) is 57.6. The molecule has 2 unspecified atom stereocenters. The molecule has 2 aliphatic heterocycles. The van der Waals surface area contributed by atoms with Gasteiger partial charge in [-0.15, -0.1) is 0 Å². The third-order valence-electron chi connectivity index (χ3n) is 22.6. The van der Waals surface area contributed by atoms with E-state index in [1.807, 2.05) is 72.8 Å². The minimum Gasteiger partial charge on any atom is -0.309 e. The molecular formula is C94H66N2O2P2. The predicted molar refractivity (Wildman–Crippen MR) is 422 cm³/mol. The lowest BCUT2D eigenvalue weighted by molar-refractivity contribution is 0.592. The van der Waals surface area contributed by atoms with E-state index in [1.165, 1.54) is 82.9 Å². The monoisotopic (exact) mass is 1320 g/mol. The van der Waals surface area contributed by atoms with Gasteiger partial charge in [0.05, 0.1) is 22.1 Å². The van der Waals surface area contributed by atoms with Crippen LogP contribution in [0.4, 0.5) is 0 Å². The highest BCUT2D eigenvalue weighted by Gasteiger charge is 2.44. The molecule has 21 rings (SSSR count). The van der Waals surface area contributed by atoms with Crippen LogP contribution in [-0.4, -0.2) is 9.13 Å². The largest absolute Gasteiger partial charge is 0.309 e. The molecule has 0 spiro atoms. The van der Waals surface area contributed by atoms with E-state index in [0.717, 1.165) is 104 Å². The first kappa shape index (κ1) is 58.7. The maximum absolute atomic E-state index is 15.4. The van der Waals surface area contributed by atoms with Gasteiger partial charge in [-0.05, 0) is 173 Å². The second-order valence-corrected chi connectivity index (χ2v) is 33.9. The number of para-hydroxylation sites is 2. The highest BCUT2D eigenvalue weighted by molar-refractivity contribution is 7.87. The van der Waals surface area contributed by atoms with Crippen molar-refractivity contribution in [3.8, 4) is 78.1 Å². The molecule has 6 heteroatoms. The second kappa shape index (κ2) is 21.6. The second-order valence-electron chi connectivity index (χ2n) is 28.5. The Balaban J connectivity index is 0.000000135. The fourth-order valence-electron chi connectivity index (χ4n) is 17.8. The third kappa shape index (κ3) is 8.24. The van der Waals surface area contributed by atoms with E-state index >= 15 is 9.13 Å². The smallest absolute Gasteiger partial charge is 0.172 e. The molecule has 4 heterocycles. The average Bonchev–Trinajstić information content (AvgIpc) is 1.55. The molecule has 0 N–H and O–H groups in total. The van der Waals surface area contributed by atoms with Crippen molar-refractivity contribution >= 4 is 100 Å². The first-order chi connectivity index (χ1) is 48.9. The molecule has 0 amide bonds. The van der Waals surface area contributed by atoms with Crippen LogP contribution in [0.5, 0.6) is 0 Å². The van der Waals surface area contributed by atoms with Crippen molar-refractivity contribution in [3.63, 3.8) is 0 Å². The SMILES string of the molecule is CC1(C)c2ccc(-c3cccc4ccccc34)cc2-c2cc(-n3c4ccccc4c4cc5c(cc43)-c3ccccc3P5(=O)c3ccccc3)ccc21.CC1(C)c2ccc(-c3ccccc3)cc2-c2cc(-n3c4ccccc4c4cc5c(cc43)-c3ccccc3P5(=O)c3ccccc3)ccc21. The zero-order valence-electron chi connectivity index (χ0n) is 55.8. The van der Waals surface area contributed by atoms with E-state index < -0.39 is 14.3 Å². The van der Waals surface area contributed by atoms with Crippen LogP contribution >= 0.6 is 14.3 Å². The third-order valence-corrected chi connectivity index (χ3v) is 28.9. The summed E-state index contributed by atoms with van der Waals surface area (Å²) in [5.41, 5.74) is 26.4. The van der Waals surface area contributed by atoms with Gasteiger partial charge in [-0.25, -0.2) is 0 Å². The van der Waals surface area contributed by atoms with E-state index in [-0.39, 0.29) is 10.8 Å². The first-order valence-corrected chi connectivity index (χ1v) is 38.1. The van der Waals surface area contributed by atoms with Crippen molar-refractivity contribution < 1.29 is 9.13 Å². The van der Waals surface area contributed by atoms with Crippen LogP contribution in [0.2, 0.25) is 0 Å². The maximum Gasteiger partial charge on any atom is 0.172 e. The van der Waals surface area contributed by atoms with Crippen LogP contribution < -0.4 is 31.8 Å². The van der Waals surface area contributed by atoms with Gasteiger partial charge in [-0.1, -0.05) is 282 Å². The number of rotatable bonds is 6. The Morgan fingerprint density at radius 1 is 0.240 bits per heavy atom. The normalized spacial score (nSPS) is 16.7. The zero-order chi connectivity index (χ0) is 67.0. The van der Waals surface area contributed by atoms with E-state index in [1.54, 1.807) is 0 Å². The van der Waals surface area contributed by atoms with Crippen LogP contribution in [0.3, 0.4) is 0 Å². The minimum atomic E-state index is -3.06. The van der Waals surface area contributed by atoms with Crippen LogP contribution in [0.25, 0.3) is 133 Å². The number of aromatic nitrogens is 2. The molecule has 0 radical (unpaired) electrons. The van der Waals surface area contributed by atoms with Gasteiger partial charge in [0.25, 0.3) is 0 Å². The van der Waals surface area contributed by atoms with Crippen molar-refractivity contribution in [1.82, 2.24) is 9.13 Å². The number of fused-ring (bicyclic) bond motifs is 19. The molecule has 2 aliphatic carbocycles. The molecule has 0 saturated heterocycles. The Bertz CT molecular complexity index is 6470. The number of hydrogen-bond donors (Lipinski definition) is 0. The van der Waals surface area contributed by atoms with Gasteiger partial charge in [0, 0.05) is 75.6 Å². The summed E-state index contributed by atoms with van der Waals surface area (Å²) in [5, 5.41) is 12.6. The minimum absolute atomic E-state index is 0.0949. The van der Waals surface area contributed by atoms with E-state index in [0.29, 0.717) is 0 Å². The summed E-state index contributed by atoms with van der Waals surface area (Å²) in [7, 11) is -6.11. The molecule has 0 fully saturated rings. The van der Waals surface area contributed by atoms with Crippen LogP contribution in [-0.2, 0) is 20.0 Å². The molecule has 4 nitrogen and oxygen atoms in total. The molecular weight excluding hydrogens is 1250 g/mol. The summed E-state index contributed by atoms with van der Waals surface area (Å²) in [4.78, 5) is 0. The molecule has 474 valence electrons. The van der Waals surface area contributed by atoms with Crippen LogP contribution in [0.15, 0.2) is 328 Å². The van der Waals surface area contributed by atoms with Crippen LogP contribution in [0, 0.1) is 0 Å². The fraction of sp³-hybridized carbons (Fsp3) is 0.0638. The lowest BCUT2D eigenvalue weighted by Gasteiger charge is -2.22. The Labute approximate surface area is 581 Å². The number of hydrogen-bond acceptors (Lipinski definition) is 2. The lowest BCUT2D eigenvalue weighted by Crippen LogP contribution is -2.20. The van der Waals surface area contributed by atoms with E-state index in [9.17, 15) is 0 Å². The van der Waals surface area contributed by atoms with Gasteiger partial charge < -0.3 is 18.3 Å². The highest BCUT2D eigenvalue weighted by atomic mass is 31.2. The van der Waals surface area contributed by atoms with Gasteiger partial charge in [0.2, 0.25) is 0 Å². The molecule has 2 aromatic heterocycles. The topological polar surface area (TPSA) is 44.0 Å². The molecule has 0 bridgehead atoms. The molecule has 17 aromatic rings. The van der Waals surface area contributed by atoms with Crippen molar-refractivity contribution in [1.29, 1.82) is 0 Å². The van der Waals surface area contributed by atoms with Gasteiger partial charge in [-0.2, -0.15) is 0 Å². The molecule has 2 atom stereocenters. The Morgan fingerprint density at radius 3 is 1.13 bits per heavy atom. The number of nitrogens with zero attached hydrogens (tertiary/aromatic N) is 2. The highest BCUT2D eigenvalue weighted by Crippen LogP contribution is 2.57. The molecule has 100 heavy (non-hydrogen) atoms. The summed E-state index contributed by atoms with van der Waals surface area (Å²) < 4.78 is 35.6. The summed E-state index contributed by atoms with van der Waals surface area (Å²) >= 11 is 0. The maximum atomic E-state index is 15.4. The Kier molecular flexibility index (Phi) is 12.7. The predicted octanol–water partition coefficient (Wildman–Crippen LogP) is 21.9. The summed E-state index contributed by atoms with van der Waals surface area (Å²) in [6.07, 6.45) is 0. The standard InChI is InChI=1S/C49H34NOP.C45H32NOP/c1-49(2)43-25-23-32(36-20-12-14-31-13-6-7-17-35(31)36)27-39(43)40-28-33(24-26-44(40)49)50-45-21-10-8-18-37(45)41-30-48-42(29-46(41)50)38-19-9-11-22-47(38)52(48,51)34-15-4-3-5-16-34;1-45(2)39-23-21-30(29-13-5-3-6-14-29)25-35(39)36-26-31(22-24-40(36)45)46-41-19-11-9-17-33(41)37-28-44-38(27-42(37)46)34-18-10-12-20-43(34)48(44,47)32-15-7-4-8-16-32/h3-30H,1-2H3;3-28H,1-2H3. The fourth-order valence-corrected chi connectivity index (χ4v) is 24.0. The first-order valence-electron chi connectivity index (χ1n) is 34.7. The molecule has 0 saturated carbocycles. The van der Waals surface area contributed by atoms with Gasteiger partial charge >= 0.3 is 0 Å². The summed E-state index contributed by atoms with van der Waals surface area (Å²) in [5.74, 6) is 0. The lowest BCUT2D eigenvalue weighted by atomic mass is 9.82. The van der Waals surface area contributed by atoms with Crippen molar-refractivity contribution in [3.05, 3.63) is 350 Å². The van der Waals surface area contributed by atoms with Gasteiger partial charge in [-0.3, -0.25) is 0 Å².